The molecular formula is C11H9ClN. The van der Waals surface area contributed by atoms with Gasteiger partial charge in [-0.2, -0.15) is 0 Å². The number of nitrogens with zero attached hydrogens (tertiary/aromatic N) is 1. The van der Waals surface area contributed by atoms with Crippen LogP contribution in [0, 0.1) is 0 Å². The first-order valence-electron chi connectivity index (χ1n) is 4.10. The van der Waals surface area contributed by atoms with E-state index in [4.69, 9.17) is 11.6 Å². The average Bonchev–Trinajstić information content (AvgIpc) is 2.19. The van der Waals surface area contributed by atoms with Gasteiger partial charge in [-0.15, -0.1) is 0 Å². The third-order valence-electron chi connectivity index (χ3n) is 2.09. The second-order valence-corrected chi connectivity index (χ2v) is 3.24. The molecule has 0 aliphatic heterocycles. The number of hydrogen-bond acceptors (Lipinski definition) is 0. The van der Waals surface area contributed by atoms with Gasteiger partial charge in [0, 0.05) is 22.8 Å². The summed E-state index contributed by atoms with van der Waals surface area (Å²) in [6.45, 7) is 0. The van der Waals surface area contributed by atoms with Crippen molar-refractivity contribution in [2.24, 2.45) is 0 Å². The van der Waals surface area contributed by atoms with Gasteiger partial charge in [0.25, 0.3) is 0 Å². The Bertz CT molecular complexity index is 437. The largest absolute Gasteiger partial charge is 0.288 e. The van der Waals surface area contributed by atoms with Crippen LogP contribution in [0.1, 0.15) is 0 Å². The van der Waals surface area contributed by atoms with Gasteiger partial charge >= 0.3 is 0 Å². The van der Waals surface area contributed by atoms with Crippen molar-refractivity contribution in [3.63, 3.8) is 0 Å². The predicted molar refractivity (Wildman–Crippen MR) is 56.7 cm³/mol. The Kier molecular flexibility index (Phi) is 2.11. The lowest BCUT2D eigenvalue weighted by atomic mass is 10.1. The van der Waals surface area contributed by atoms with Crippen molar-refractivity contribution >= 4 is 28.1 Å². The van der Waals surface area contributed by atoms with E-state index in [1.807, 2.05) is 36.4 Å². The zero-order valence-corrected chi connectivity index (χ0v) is 8.05. The second kappa shape index (κ2) is 3.27. The molecule has 0 saturated carbocycles. The molecular weight excluding hydrogens is 182 g/mol. The summed E-state index contributed by atoms with van der Waals surface area (Å²) in [6, 6.07) is 11.8. The predicted octanol–water partition coefficient (Wildman–Crippen LogP) is 3.36. The molecule has 2 aromatic rings. The number of benzene rings is 2. The smallest absolute Gasteiger partial charge is 0.0650 e. The van der Waals surface area contributed by atoms with Crippen molar-refractivity contribution in [3.05, 3.63) is 41.4 Å². The highest BCUT2D eigenvalue weighted by molar-refractivity contribution is 6.35. The molecule has 0 aliphatic carbocycles. The molecule has 2 heteroatoms. The highest BCUT2D eigenvalue weighted by Crippen LogP contribution is 2.29. The van der Waals surface area contributed by atoms with E-state index in [0.717, 1.165) is 21.5 Å². The summed E-state index contributed by atoms with van der Waals surface area (Å²) in [5, 5.41) is 7.13. The summed E-state index contributed by atoms with van der Waals surface area (Å²) >= 11 is 6.04. The van der Waals surface area contributed by atoms with Crippen molar-refractivity contribution < 1.29 is 0 Å². The first kappa shape index (κ1) is 8.39. The molecule has 0 saturated heterocycles. The molecule has 0 bridgehead atoms. The lowest BCUT2D eigenvalue weighted by molar-refractivity contribution is 1.10. The second-order valence-electron chi connectivity index (χ2n) is 2.84. The minimum atomic E-state index is 0.781. The van der Waals surface area contributed by atoms with Crippen molar-refractivity contribution in [1.29, 1.82) is 0 Å². The molecule has 0 aliphatic rings. The maximum absolute atomic E-state index is 6.04. The Morgan fingerprint density at radius 1 is 1.00 bits per heavy atom. The molecule has 2 rings (SSSR count). The molecule has 13 heavy (non-hydrogen) atoms. The van der Waals surface area contributed by atoms with E-state index in [-0.39, 0.29) is 0 Å². The van der Waals surface area contributed by atoms with Crippen molar-refractivity contribution in [2.75, 3.05) is 7.05 Å². The fraction of sp³-hybridized carbons (Fsp3) is 0.0909. The SMILES string of the molecule is C[N]c1ccc(Cl)c2ccccc12. The third kappa shape index (κ3) is 1.36. The van der Waals surface area contributed by atoms with E-state index in [1.165, 1.54) is 0 Å². The molecule has 0 N–H and O–H groups in total. The van der Waals surface area contributed by atoms with Gasteiger partial charge in [-0.05, 0) is 12.1 Å². The number of fused-ring (bicyclic) bond motifs is 1. The fourth-order valence-corrected chi connectivity index (χ4v) is 1.67. The van der Waals surface area contributed by atoms with E-state index in [1.54, 1.807) is 7.05 Å². The van der Waals surface area contributed by atoms with Gasteiger partial charge in [-0.25, -0.2) is 0 Å². The molecule has 65 valence electrons. The standard InChI is InChI=1S/C11H9ClN/c1-13-11-7-6-10(12)8-4-2-3-5-9(8)11/h2-7H,1H3. The minimum Gasteiger partial charge on any atom is -0.288 e. The highest BCUT2D eigenvalue weighted by Gasteiger charge is 2.02. The molecule has 1 nitrogen and oxygen atoms in total. The summed E-state index contributed by atoms with van der Waals surface area (Å²) in [4.78, 5) is 0. The first-order chi connectivity index (χ1) is 6.33. The van der Waals surface area contributed by atoms with Crippen LogP contribution in [0.2, 0.25) is 5.02 Å². The van der Waals surface area contributed by atoms with E-state index < -0.39 is 0 Å². The van der Waals surface area contributed by atoms with E-state index in [9.17, 15) is 0 Å². The Hall–Kier alpha value is -1.21. The van der Waals surface area contributed by atoms with E-state index in [0.29, 0.717) is 0 Å². The topological polar surface area (TPSA) is 14.1 Å². The Balaban J connectivity index is 2.84. The van der Waals surface area contributed by atoms with E-state index >= 15 is 0 Å². The molecule has 2 aromatic carbocycles. The molecule has 0 aromatic heterocycles. The van der Waals surface area contributed by atoms with Crippen LogP contribution in [0.4, 0.5) is 5.69 Å². The molecule has 0 unspecified atom stereocenters. The molecule has 0 heterocycles. The van der Waals surface area contributed by atoms with Gasteiger partial charge in [0.1, 0.15) is 0 Å². The zero-order valence-electron chi connectivity index (χ0n) is 7.29. The molecule has 1 radical (unpaired) electrons. The highest BCUT2D eigenvalue weighted by atomic mass is 35.5. The van der Waals surface area contributed by atoms with Gasteiger partial charge in [0.2, 0.25) is 0 Å². The third-order valence-corrected chi connectivity index (χ3v) is 2.42. The summed E-state index contributed by atoms with van der Waals surface area (Å²) in [7, 11) is 1.79. The first-order valence-corrected chi connectivity index (χ1v) is 4.48. The lowest BCUT2D eigenvalue weighted by Crippen LogP contribution is -1.87. The van der Waals surface area contributed by atoms with Crippen LogP contribution in [0.25, 0.3) is 10.8 Å². The number of hydrogen-bond donors (Lipinski definition) is 0. The minimum absolute atomic E-state index is 0.781. The zero-order chi connectivity index (χ0) is 9.26. The lowest BCUT2D eigenvalue weighted by Gasteiger charge is -2.04. The summed E-state index contributed by atoms with van der Waals surface area (Å²) < 4.78 is 0. The van der Waals surface area contributed by atoms with Gasteiger partial charge < -0.3 is 0 Å². The Labute approximate surface area is 82.3 Å². The van der Waals surface area contributed by atoms with Crippen LogP contribution >= 0.6 is 11.6 Å². The van der Waals surface area contributed by atoms with Crippen LogP contribution in [0.15, 0.2) is 36.4 Å². The fourth-order valence-electron chi connectivity index (χ4n) is 1.44. The van der Waals surface area contributed by atoms with Crippen LogP contribution in [0.3, 0.4) is 0 Å². The van der Waals surface area contributed by atoms with Crippen LogP contribution < -0.4 is 5.32 Å². The van der Waals surface area contributed by atoms with Crippen LogP contribution in [-0.2, 0) is 0 Å². The van der Waals surface area contributed by atoms with Gasteiger partial charge in [0.15, 0.2) is 0 Å². The number of rotatable bonds is 1. The normalized spacial score (nSPS) is 10.3. The van der Waals surface area contributed by atoms with Gasteiger partial charge in [-0.1, -0.05) is 35.9 Å². The molecule has 0 amide bonds. The Morgan fingerprint density at radius 3 is 2.38 bits per heavy atom. The molecule has 0 fully saturated rings. The van der Waals surface area contributed by atoms with Gasteiger partial charge in [-0.3, -0.25) is 5.32 Å². The molecule has 0 spiro atoms. The monoisotopic (exact) mass is 190 g/mol. The van der Waals surface area contributed by atoms with Crippen LogP contribution in [0.5, 0.6) is 0 Å². The van der Waals surface area contributed by atoms with Gasteiger partial charge in [0.05, 0.1) is 5.69 Å². The maximum atomic E-state index is 6.04. The van der Waals surface area contributed by atoms with Crippen molar-refractivity contribution in [3.8, 4) is 0 Å². The van der Waals surface area contributed by atoms with E-state index in [2.05, 4.69) is 5.32 Å². The Morgan fingerprint density at radius 2 is 1.69 bits per heavy atom. The number of halogens is 1. The average molecular weight is 191 g/mol. The quantitative estimate of drug-likeness (QED) is 0.655. The summed E-state index contributed by atoms with van der Waals surface area (Å²) in [5.41, 5.74) is 0.986. The van der Waals surface area contributed by atoms with Crippen molar-refractivity contribution in [2.45, 2.75) is 0 Å². The summed E-state index contributed by atoms with van der Waals surface area (Å²) in [5.74, 6) is 0. The van der Waals surface area contributed by atoms with Crippen LogP contribution in [-0.4, -0.2) is 7.05 Å². The maximum Gasteiger partial charge on any atom is 0.0650 e. The van der Waals surface area contributed by atoms with Crippen molar-refractivity contribution in [1.82, 2.24) is 5.32 Å². The summed E-state index contributed by atoms with van der Waals surface area (Å²) in [6.07, 6.45) is 0. The molecule has 0 atom stereocenters.